The maximum atomic E-state index is 14.2. The summed E-state index contributed by atoms with van der Waals surface area (Å²) in [6.07, 6.45) is 0. The number of amides is 2. The van der Waals surface area contributed by atoms with E-state index in [-0.39, 0.29) is 16.2 Å². The minimum Gasteiger partial charge on any atom is -0.496 e. The summed E-state index contributed by atoms with van der Waals surface area (Å²) < 4.78 is 45.1. The van der Waals surface area contributed by atoms with Crippen molar-refractivity contribution in [1.29, 1.82) is 0 Å². The monoisotopic (exact) mass is 483 g/mol. The Labute approximate surface area is 198 Å². The largest absolute Gasteiger partial charge is 0.496 e. The summed E-state index contributed by atoms with van der Waals surface area (Å²) in [6.45, 7) is 3.19. The molecule has 0 saturated carbocycles. The van der Waals surface area contributed by atoms with Gasteiger partial charge in [0.25, 0.3) is 0 Å². The van der Waals surface area contributed by atoms with Gasteiger partial charge in [-0.2, -0.15) is 0 Å². The molecule has 3 N–H and O–H groups in total. The van der Waals surface area contributed by atoms with Crippen LogP contribution < -0.4 is 20.7 Å². The topological polar surface area (TPSA) is 96.5 Å². The first kappa shape index (κ1) is 23.7. The molecule has 1 unspecified atom stereocenters. The minimum absolute atomic E-state index is 0.102. The normalized spacial score (nSPS) is 13.7. The molecule has 0 aromatic heterocycles. The first-order chi connectivity index (χ1) is 16.3. The highest BCUT2D eigenvalue weighted by atomic mass is 32.2. The van der Waals surface area contributed by atoms with Crippen molar-refractivity contribution >= 4 is 21.6 Å². The zero-order valence-corrected chi connectivity index (χ0v) is 19.7. The lowest BCUT2D eigenvalue weighted by molar-refractivity contribution is 0.249. The zero-order valence-electron chi connectivity index (χ0n) is 18.9. The molecule has 0 spiro atoms. The van der Waals surface area contributed by atoms with E-state index in [2.05, 4.69) is 16.0 Å². The number of benzene rings is 3. The van der Waals surface area contributed by atoms with E-state index in [1.807, 2.05) is 18.2 Å². The highest BCUT2D eigenvalue weighted by Gasteiger charge is 2.20. The van der Waals surface area contributed by atoms with Crippen molar-refractivity contribution in [3.05, 3.63) is 88.7 Å². The molecule has 34 heavy (non-hydrogen) atoms. The molecule has 2 amide bonds. The Morgan fingerprint density at radius 1 is 1.09 bits per heavy atom. The van der Waals surface area contributed by atoms with Gasteiger partial charge < -0.3 is 20.7 Å². The standard InChI is InChI=1S/C25H26FN3O4S/c1-16(24-22(26)4-3-5-23(24)33-2)28-25(30)29-20-8-10-21(11-9-20)34(31,32)15-17-6-7-18-13-27-14-19(18)12-17/h3-12,16,27H,13-15H2,1-2H3,(H2,28,29,30). The van der Waals surface area contributed by atoms with Gasteiger partial charge in [-0.15, -0.1) is 0 Å². The molecule has 1 atom stereocenters. The molecule has 1 heterocycles. The Morgan fingerprint density at radius 3 is 2.56 bits per heavy atom. The fourth-order valence-corrected chi connectivity index (χ4v) is 5.37. The molecule has 0 radical (unpaired) electrons. The van der Waals surface area contributed by atoms with Crippen molar-refractivity contribution in [3.8, 4) is 5.75 Å². The van der Waals surface area contributed by atoms with Crippen molar-refractivity contribution in [3.63, 3.8) is 0 Å². The molecule has 7 nitrogen and oxygen atoms in total. The average Bonchev–Trinajstić information content (AvgIpc) is 3.26. The van der Waals surface area contributed by atoms with Crippen LogP contribution in [-0.2, 0) is 28.7 Å². The van der Waals surface area contributed by atoms with Gasteiger partial charge in [0.1, 0.15) is 11.6 Å². The molecule has 0 aliphatic carbocycles. The van der Waals surface area contributed by atoms with Crippen LogP contribution in [0.25, 0.3) is 0 Å². The zero-order chi connectivity index (χ0) is 24.3. The van der Waals surface area contributed by atoms with Crippen LogP contribution in [0.1, 0.15) is 35.2 Å². The Morgan fingerprint density at radius 2 is 1.82 bits per heavy atom. The van der Waals surface area contributed by atoms with Crippen molar-refractivity contribution in [2.24, 2.45) is 0 Å². The van der Waals surface area contributed by atoms with E-state index in [4.69, 9.17) is 4.74 Å². The Bertz CT molecular complexity index is 1310. The van der Waals surface area contributed by atoms with Crippen LogP contribution in [0.15, 0.2) is 65.6 Å². The molecule has 1 aliphatic rings. The van der Waals surface area contributed by atoms with E-state index in [0.29, 0.717) is 11.4 Å². The Kier molecular flexibility index (Phi) is 6.85. The van der Waals surface area contributed by atoms with Gasteiger partial charge in [0, 0.05) is 18.8 Å². The van der Waals surface area contributed by atoms with Crippen molar-refractivity contribution < 1.29 is 22.3 Å². The molecule has 3 aromatic carbocycles. The lowest BCUT2D eigenvalue weighted by atomic mass is 10.1. The molecular formula is C25H26FN3O4S. The Balaban J connectivity index is 1.40. The number of hydrogen-bond acceptors (Lipinski definition) is 5. The summed E-state index contributed by atoms with van der Waals surface area (Å²) >= 11 is 0. The molecule has 0 fully saturated rings. The summed E-state index contributed by atoms with van der Waals surface area (Å²) in [4.78, 5) is 12.6. The molecule has 0 bridgehead atoms. The summed E-state index contributed by atoms with van der Waals surface area (Å²) in [5.41, 5.74) is 3.70. The second-order valence-electron chi connectivity index (χ2n) is 8.17. The number of anilines is 1. The van der Waals surface area contributed by atoms with Gasteiger partial charge in [0.05, 0.1) is 29.4 Å². The molecule has 1 aliphatic heterocycles. The lowest BCUT2D eigenvalue weighted by Gasteiger charge is -2.18. The predicted molar refractivity (Wildman–Crippen MR) is 128 cm³/mol. The number of halogens is 1. The maximum absolute atomic E-state index is 14.2. The average molecular weight is 484 g/mol. The second kappa shape index (κ2) is 9.82. The van der Waals surface area contributed by atoms with Gasteiger partial charge in [-0.25, -0.2) is 17.6 Å². The fourth-order valence-electron chi connectivity index (χ4n) is 4.04. The highest BCUT2D eigenvalue weighted by molar-refractivity contribution is 7.90. The van der Waals surface area contributed by atoms with Crippen LogP contribution in [0.5, 0.6) is 5.75 Å². The molecule has 0 saturated heterocycles. The summed E-state index contributed by atoms with van der Waals surface area (Å²) in [7, 11) is -2.12. The molecule has 178 valence electrons. The number of carbonyl (C=O) groups is 1. The van der Waals surface area contributed by atoms with Gasteiger partial charge in [0.15, 0.2) is 9.84 Å². The second-order valence-corrected chi connectivity index (χ2v) is 10.2. The number of methoxy groups -OCH3 is 1. The highest BCUT2D eigenvalue weighted by Crippen LogP contribution is 2.28. The number of urea groups is 1. The summed E-state index contributed by atoms with van der Waals surface area (Å²) in [5, 5.41) is 8.55. The molecule has 4 rings (SSSR count). The number of ether oxygens (including phenoxy) is 1. The van der Waals surface area contributed by atoms with Crippen LogP contribution in [0.3, 0.4) is 0 Å². The van der Waals surface area contributed by atoms with Gasteiger partial charge in [-0.1, -0.05) is 24.3 Å². The van der Waals surface area contributed by atoms with Crippen molar-refractivity contribution in [1.82, 2.24) is 10.6 Å². The first-order valence-electron chi connectivity index (χ1n) is 10.8. The molecule has 3 aromatic rings. The van der Waals surface area contributed by atoms with Gasteiger partial charge in [-0.3, -0.25) is 0 Å². The van der Waals surface area contributed by atoms with Gasteiger partial charge >= 0.3 is 6.03 Å². The minimum atomic E-state index is -3.55. The number of rotatable bonds is 7. The lowest BCUT2D eigenvalue weighted by Crippen LogP contribution is -2.31. The number of nitrogens with one attached hydrogen (secondary N) is 3. The fraction of sp³-hybridized carbons (Fsp3) is 0.240. The first-order valence-corrected chi connectivity index (χ1v) is 12.5. The van der Waals surface area contributed by atoms with Crippen molar-refractivity contribution in [2.75, 3.05) is 12.4 Å². The summed E-state index contributed by atoms with van der Waals surface area (Å²) in [6, 6.07) is 14.9. The summed E-state index contributed by atoms with van der Waals surface area (Å²) in [5.74, 6) is -0.251. The van der Waals surface area contributed by atoms with Crippen molar-refractivity contribution in [2.45, 2.75) is 36.7 Å². The van der Waals surface area contributed by atoms with E-state index in [0.717, 1.165) is 24.2 Å². The number of fused-ring (bicyclic) bond motifs is 1. The van der Waals surface area contributed by atoms with Gasteiger partial charge in [-0.05, 0) is 60.0 Å². The SMILES string of the molecule is COc1cccc(F)c1C(C)NC(=O)Nc1ccc(S(=O)(=O)Cc2ccc3c(c2)CNC3)cc1. The van der Waals surface area contributed by atoms with E-state index in [9.17, 15) is 17.6 Å². The smallest absolute Gasteiger partial charge is 0.319 e. The van der Waals surface area contributed by atoms with E-state index >= 15 is 0 Å². The van der Waals surface area contributed by atoms with E-state index in [1.54, 1.807) is 13.0 Å². The van der Waals surface area contributed by atoms with E-state index in [1.165, 1.54) is 49.1 Å². The number of carbonyl (C=O) groups excluding carboxylic acids is 1. The Hall–Kier alpha value is -3.43. The predicted octanol–water partition coefficient (Wildman–Crippen LogP) is 4.29. The molecular weight excluding hydrogens is 457 g/mol. The van der Waals surface area contributed by atoms with Gasteiger partial charge in [0.2, 0.25) is 0 Å². The van der Waals surface area contributed by atoms with Crippen LogP contribution in [0.4, 0.5) is 14.9 Å². The molecule has 9 heteroatoms. The van der Waals surface area contributed by atoms with Crippen LogP contribution in [0, 0.1) is 5.82 Å². The van der Waals surface area contributed by atoms with Crippen LogP contribution >= 0.6 is 0 Å². The van der Waals surface area contributed by atoms with Crippen LogP contribution in [-0.4, -0.2) is 21.6 Å². The third-order valence-corrected chi connectivity index (χ3v) is 7.45. The van der Waals surface area contributed by atoms with E-state index < -0.39 is 27.7 Å². The third-order valence-electron chi connectivity index (χ3n) is 5.74. The quantitative estimate of drug-likeness (QED) is 0.466. The number of sulfone groups is 1. The number of hydrogen-bond donors (Lipinski definition) is 3. The van der Waals surface area contributed by atoms with Crippen LogP contribution in [0.2, 0.25) is 0 Å². The third kappa shape index (κ3) is 5.21. The maximum Gasteiger partial charge on any atom is 0.319 e.